The maximum absolute atomic E-state index is 12.7. The van der Waals surface area contributed by atoms with E-state index in [1.54, 1.807) is 95.9 Å². The molecule has 3 unspecified atom stereocenters. The van der Waals surface area contributed by atoms with E-state index < -0.39 is 67.0 Å². The standard InChI is InChI=1S/C28H33Cl2N3O5S.C24H29Cl2N3O3S.C19H21Cl2N3OS.C14H10Cl3NO3S.3O2S/c1-5-11-37-26(35)33-17-22(39-27(36)38-28(2,3)4)14-21(33)16-31-20-8-6-7-19(13-20)25(34)32-15-18-9-10-23(29)24(30)12-18;1-24(2,3)32-23(31)33-19-11-18(28-14-19)13-27-17-6-4-5-16(10-17)22(30)29-12-15-7-8-20(25)21(26)9-15;20-17-5-4-12(6-18(17)21)9-24-19(25)13-2-1-3-14(7-13)22-10-15-8-16(26)11-23-15;15-12-5-4-9(6-13(12)16)8-18-14(19)10-2-1-3-11(7-10)22(17,20)21;3*1-3-2/h5-10,12-13,21-22,31H,1,11,14-17H2,2-4H3,(H,32,34);4-10,18-19,27-28H,11-14H2,1-3H3,(H,29,30);1-7,15-16,22-23,26H,8-11H2,(H,24,25);1-7H,8H2,(H,18,19);;;/t21-,22?;18-,19?;15-,16?;;;;/m000..../s1. The van der Waals surface area contributed by atoms with Gasteiger partial charge in [0.25, 0.3) is 32.7 Å². The zero-order valence-electron chi connectivity index (χ0n) is 69.9. The highest BCUT2D eigenvalue weighted by molar-refractivity contribution is 8.14. The van der Waals surface area contributed by atoms with Crippen molar-refractivity contribution in [3.8, 4) is 0 Å². The summed E-state index contributed by atoms with van der Waals surface area (Å²) in [5.74, 6) is -0.964. The van der Waals surface area contributed by atoms with Crippen LogP contribution in [0.3, 0.4) is 0 Å². The number of rotatable bonds is 26. The first kappa shape index (κ1) is 111. The second kappa shape index (κ2) is 57.4. The van der Waals surface area contributed by atoms with Gasteiger partial charge < -0.3 is 67.0 Å². The maximum atomic E-state index is 12.7. The van der Waals surface area contributed by atoms with Crippen LogP contribution in [0.4, 0.5) is 31.4 Å². The number of nitrogens with zero attached hydrogens (tertiary/aromatic N) is 1. The minimum absolute atomic E-state index is 0.0960. The summed E-state index contributed by atoms with van der Waals surface area (Å²) < 4.78 is 88.4. The van der Waals surface area contributed by atoms with Crippen LogP contribution in [0.2, 0.25) is 40.2 Å². The number of carbonyl (C=O) groups excluding carboxylic acids is 7. The molecule has 44 heteroatoms. The van der Waals surface area contributed by atoms with Gasteiger partial charge in [-0.3, -0.25) is 19.2 Å². The molecular weight excluding hydrogens is 1990 g/mol. The molecule has 9 N–H and O–H groups in total. The van der Waals surface area contributed by atoms with Crippen LogP contribution in [-0.2, 0) is 84.2 Å². The van der Waals surface area contributed by atoms with Crippen molar-refractivity contribution in [1.29, 1.82) is 0 Å². The molecule has 3 heterocycles. The molecule has 28 nitrogen and oxygen atoms in total. The zero-order chi connectivity index (χ0) is 95.6. The molecule has 5 amide bonds. The molecule has 696 valence electrons. The summed E-state index contributed by atoms with van der Waals surface area (Å²) in [5, 5.41) is 31.8. The Balaban J connectivity index is 0.000000300. The van der Waals surface area contributed by atoms with Gasteiger partial charge in [-0.2, -0.15) is 37.9 Å². The molecule has 0 radical (unpaired) electrons. The fraction of sp³-hybridized carbons (Fsp3) is 0.329. The van der Waals surface area contributed by atoms with Crippen molar-refractivity contribution in [3.05, 3.63) is 267 Å². The largest absolute Gasteiger partial charge is 0.452 e. The summed E-state index contributed by atoms with van der Waals surface area (Å²) in [6, 6.07) is 48.7. The number of nitrogens with one attached hydrogen (secondary N) is 9. The number of thiol groups is 1. The number of halogens is 9. The molecule has 0 aliphatic carbocycles. The van der Waals surface area contributed by atoms with Crippen molar-refractivity contribution < 1.29 is 81.4 Å². The van der Waals surface area contributed by atoms with Crippen molar-refractivity contribution in [2.45, 2.75) is 137 Å². The Morgan fingerprint density at radius 3 is 1.12 bits per heavy atom. The highest BCUT2D eigenvalue weighted by Crippen LogP contribution is 2.33. The molecule has 0 bridgehead atoms. The molecule has 0 spiro atoms. The van der Waals surface area contributed by atoms with Crippen molar-refractivity contribution in [3.63, 3.8) is 0 Å². The lowest BCUT2D eigenvalue weighted by Gasteiger charge is -2.24. The highest BCUT2D eigenvalue weighted by atomic mass is 35.7. The van der Waals surface area contributed by atoms with Crippen molar-refractivity contribution in [1.82, 2.24) is 36.8 Å². The number of hydrogen-bond acceptors (Lipinski definition) is 26. The highest BCUT2D eigenvalue weighted by Gasteiger charge is 2.39. The van der Waals surface area contributed by atoms with Gasteiger partial charge >= 0.3 is 51.4 Å². The molecule has 0 aromatic heterocycles. The van der Waals surface area contributed by atoms with Crippen molar-refractivity contribution in [2.75, 3.05) is 61.8 Å². The minimum Gasteiger partial charge on any atom is -0.452 e. The third-order valence-electron chi connectivity index (χ3n) is 17.8. The van der Waals surface area contributed by atoms with Crippen LogP contribution in [-0.4, -0.2) is 170 Å². The van der Waals surface area contributed by atoms with Crippen LogP contribution in [0.1, 0.15) is 124 Å². The van der Waals surface area contributed by atoms with E-state index in [4.69, 9.17) is 143 Å². The van der Waals surface area contributed by atoms with Gasteiger partial charge in [-0.25, -0.2) is 22.8 Å². The Labute approximate surface area is 817 Å². The molecule has 3 aliphatic rings. The third kappa shape index (κ3) is 43.0. The monoisotopic (exact) mass is 2080 g/mol. The maximum Gasteiger partial charge on any atom is 0.410 e. The number of thioether (sulfide) groups is 2. The molecule has 3 aliphatic heterocycles. The Kier molecular flexibility index (Phi) is 49.6. The molecule has 0 saturated carbocycles. The Bertz CT molecular complexity index is 5360. The van der Waals surface area contributed by atoms with E-state index >= 15 is 0 Å². The zero-order valence-corrected chi connectivity index (χ0v) is 82.5. The van der Waals surface area contributed by atoms with Crippen LogP contribution < -0.4 is 47.9 Å². The van der Waals surface area contributed by atoms with Crippen molar-refractivity contribution >= 4 is 241 Å². The fourth-order valence-electron chi connectivity index (χ4n) is 11.9. The van der Waals surface area contributed by atoms with E-state index in [0.29, 0.717) is 114 Å². The first-order chi connectivity index (χ1) is 61.1. The Hall–Kier alpha value is -8.02. The van der Waals surface area contributed by atoms with Gasteiger partial charge in [-0.05, 0) is 228 Å². The van der Waals surface area contributed by atoms with Crippen LogP contribution >= 0.6 is 140 Å². The van der Waals surface area contributed by atoms with Gasteiger partial charge in [0.15, 0.2) is 0 Å². The van der Waals surface area contributed by atoms with Gasteiger partial charge in [0.05, 0.1) is 51.1 Å². The Morgan fingerprint density at radius 1 is 0.457 bits per heavy atom. The number of likely N-dealkylation sites (tertiary alicyclic amines) is 1. The average Bonchev–Trinajstić information content (AvgIpc) is 1.66. The summed E-state index contributed by atoms with van der Waals surface area (Å²) in [6.07, 6.45) is 3.51. The predicted molar refractivity (Wildman–Crippen MR) is 519 cm³/mol. The summed E-state index contributed by atoms with van der Waals surface area (Å²) >= 11 is 52.2. The van der Waals surface area contributed by atoms with E-state index in [9.17, 15) is 42.0 Å². The summed E-state index contributed by atoms with van der Waals surface area (Å²) in [4.78, 5) is 88.3. The molecule has 129 heavy (non-hydrogen) atoms. The molecule has 3 saturated heterocycles. The number of carbonyl (C=O) groups is 7. The molecule has 3 fully saturated rings. The molecule has 8 aromatic carbocycles. The number of hydrogen-bond donors (Lipinski definition) is 10. The van der Waals surface area contributed by atoms with Crippen LogP contribution in [0.5, 0.6) is 0 Å². The first-order valence-corrected chi connectivity index (χ1v) is 48.4. The van der Waals surface area contributed by atoms with Crippen molar-refractivity contribution in [2.24, 2.45) is 0 Å². The van der Waals surface area contributed by atoms with E-state index in [2.05, 4.69) is 67.1 Å². The minimum atomic E-state index is -3.88. The van der Waals surface area contributed by atoms with Gasteiger partial charge in [0.2, 0.25) is 0 Å². The Morgan fingerprint density at radius 2 is 0.791 bits per heavy atom. The normalized spacial score (nSPS) is 15.8. The quantitative estimate of drug-likeness (QED) is 0.00791. The molecule has 8 aromatic rings. The van der Waals surface area contributed by atoms with E-state index in [1.165, 1.54) is 42.1 Å². The second-order valence-corrected chi connectivity index (χ2v) is 39.4. The number of anilines is 3. The third-order valence-corrected chi connectivity index (χ3v) is 24.4. The fourth-order valence-corrected chi connectivity index (χ4v) is 16.6. The van der Waals surface area contributed by atoms with Gasteiger partial charge in [-0.15, -0.1) is 0 Å². The second-order valence-electron chi connectivity index (χ2n) is 29.9. The topological polar surface area (TPSA) is 395 Å². The molecule has 6 atom stereocenters. The average molecular weight is 2090 g/mol. The van der Waals surface area contributed by atoms with Crippen LogP contribution in [0.15, 0.2) is 187 Å². The van der Waals surface area contributed by atoms with Gasteiger partial charge in [0.1, 0.15) is 17.8 Å². The first-order valence-electron chi connectivity index (χ1n) is 38.8. The van der Waals surface area contributed by atoms with E-state index in [1.807, 2.05) is 96.1 Å². The molecular formula is C85H93Cl9N10O18S7. The lowest BCUT2D eigenvalue weighted by Crippen LogP contribution is -2.40. The number of amides is 5. The van der Waals surface area contributed by atoms with Gasteiger partial charge in [0, 0.05) is 143 Å². The number of ether oxygens (including phenoxy) is 3. The smallest absolute Gasteiger partial charge is 0.410 e. The summed E-state index contributed by atoms with van der Waals surface area (Å²) in [7, 11) is 1.38. The lowest BCUT2D eigenvalue weighted by atomic mass is 10.1. The van der Waals surface area contributed by atoms with E-state index in [-0.39, 0.29) is 74.5 Å². The summed E-state index contributed by atoms with van der Waals surface area (Å²) in [6.45, 7) is 20.0. The predicted octanol–water partition coefficient (Wildman–Crippen LogP) is 18.3. The van der Waals surface area contributed by atoms with E-state index in [0.717, 1.165) is 83.6 Å². The summed E-state index contributed by atoms with van der Waals surface area (Å²) in [5.41, 5.74) is 6.67. The molecule has 11 rings (SSSR count). The van der Waals surface area contributed by atoms with Crippen LogP contribution in [0, 0.1) is 0 Å². The lowest BCUT2D eigenvalue weighted by molar-refractivity contribution is 0.0726. The van der Waals surface area contributed by atoms with Gasteiger partial charge in [-0.1, -0.05) is 154 Å². The number of benzene rings is 8. The SMILES string of the molecule is C=CCOC(=O)N1CC(SC(=O)OC(C)(C)C)C[C@H]1CNc1cccc(C(=O)NCc2ccc(Cl)c(Cl)c2)c1.CC(C)(C)OC(=O)SC1CN[C@H](CNc2cccc(C(=O)NCc3ccc(Cl)c(Cl)c3)c2)C1.O=C(NCc1ccc(Cl)c(Cl)c1)c1cccc(NC[C@@H]2CC(S)CN2)c1.O=C(NCc1ccc(Cl)c(Cl)c1)c1cccc(S(=O)(=O)Cl)c1.O=S=O.O=S=O.O=S=O. The van der Waals surface area contributed by atoms with Crippen LogP contribution in [0.25, 0.3) is 0 Å².